The molecule has 2 aromatic carbocycles. The average molecular weight is 254 g/mol. The van der Waals surface area contributed by atoms with Crippen LogP contribution in [-0.4, -0.2) is 0 Å². The number of rotatable bonds is 6. The second kappa shape index (κ2) is 6.75. The van der Waals surface area contributed by atoms with Gasteiger partial charge in [-0.05, 0) is 34.6 Å². The highest BCUT2D eigenvalue weighted by Gasteiger charge is 2.18. The van der Waals surface area contributed by atoms with Crippen molar-refractivity contribution in [2.24, 2.45) is 5.92 Å². The molecule has 2 unspecified atom stereocenters. The molecule has 2 rings (SSSR count). The Bertz CT molecular complexity index is 507. The number of hydrogen-bond acceptors (Lipinski definition) is 0. The van der Waals surface area contributed by atoms with E-state index >= 15 is 0 Å². The van der Waals surface area contributed by atoms with Gasteiger partial charge in [-0.2, -0.15) is 0 Å². The summed E-state index contributed by atoms with van der Waals surface area (Å²) >= 11 is 0. The lowest BCUT2D eigenvalue weighted by Gasteiger charge is -2.24. The number of benzene rings is 2. The summed E-state index contributed by atoms with van der Waals surface area (Å²) in [7, 11) is 0. The van der Waals surface area contributed by atoms with Crippen molar-refractivity contribution in [1.82, 2.24) is 0 Å². The molecule has 0 aromatic heterocycles. The molecule has 0 spiro atoms. The molecule has 0 aliphatic carbocycles. The van der Waals surface area contributed by atoms with Gasteiger partial charge in [-0.15, -0.1) is 0 Å². The molecule has 2 atom stereocenters. The maximum Gasteiger partial charge on any atom is -0.0149 e. The van der Waals surface area contributed by atoms with Crippen LogP contribution >= 0.6 is 0 Å². The summed E-state index contributed by atoms with van der Waals surface area (Å²) in [5.41, 5.74) is 1.53. The van der Waals surface area contributed by atoms with E-state index in [2.05, 4.69) is 63.2 Å². The van der Waals surface area contributed by atoms with Crippen LogP contribution in [0.1, 0.15) is 57.9 Å². The molecule has 0 saturated heterocycles. The summed E-state index contributed by atoms with van der Waals surface area (Å²) in [6.07, 6.45) is 5.30. The van der Waals surface area contributed by atoms with E-state index in [1.807, 2.05) is 0 Å². The second-order valence-electron chi connectivity index (χ2n) is 5.67. The van der Waals surface area contributed by atoms with Gasteiger partial charge >= 0.3 is 0 Å². The maximum atomic E-state index is 2.41. The summed E-state index contributed by atoms with van der Waals surface area (Å²) < 4.78 is 0. The molecule has 0 heteroatoms. The smallest absolute Gasteiger partial charge is 0.0149 e. The molecule has 0 nitrogen and oxygen atoms in total. The highest BCUT2D eigenvalue weighted by atomic mass is 14.2. The Kier molecular flexibility index (Phi) is 5.01. The highest BCUT2D eigenvalue weighted by molar-refractivity contribution is 5.86. The fourth-order valence-corrected chi connectivity index (χ4v) is 3.18. The van der Waals surface area contributed by atoms with Crippen LogP contribution in [0.3, 0.4) is 0 Å². The van der Waals surface area contributed by atoms with E-state index in [4.69, 9.17) is 0 Å². The van der Waals surface area contributed by atoms with E-state index in [-0.39, 0.29) is 0 Å². The molecule has 0 fully saturated rings. The normalized spacial score (nSPS) is 14.5. The van der Waals surface area contributed by atoms with Gasteiger partial charge in [0.1, 0.15) is 0 Å². The van der Waals surface area contributed by atoms with Crippen molar-refractivity contribution in [3.8, 4) is 0 Å². The second-order valence-corrected chi connectivity index (χ2v) is 5.67. The van der Waals surface area contributed by atoms with Crippen LogP contribution < -0.4 is 0 Å². The van der Waals surface area contributed by atoms with E-state index in [0.29, 0.717) is 5.92 Å². The van der Waals surface area contributed by atoms with E-state index in [0.717, 1.165) is 5.92 Å². The van der Waals surface area contributed by atoms with Crippen LogP contribution in [0.4, 0.5) is 0 Å². The first-order valence-corrected chi connectivity index (χ1v) is 7.75. The van der Waals surface area contributed by atoms with Crippen molar-refractivity contribution < 1.29 is 0 Å². The molecule has 0 N–H and O–H groups in total. The van der Waals surface area contributed by atoms with Crippen LogP contribution in [0.25, 0.3) is 10.8 Å². The molecule has 0 aliphatic heterocycles. The van der Waals surface area contributed by atoms with Crippen molar-refractivity contribution >= 4 is 10.8 Å². The third-order valence-corrected chi connectivity index (χ3v) is 4.47. The van der Waals surface area contributed by atoms with Crippen LogP contribution in [0.5, 0.6) is 0 Å². The van der Waals surface area contributed by atoms with Crippen LogP contribution in [0.15, 0.2) is 42.5 Å². The quantitative estimate of drug-likeness (QED) is 0.579. The van der Waals surface area contributed by atoms with Gasteiger partial charge in [0.15, 0.2) is 0 Å². The molecular weight excluding hydrogens is 228 g/mol. The van der Waals surface area contributed by atoms with E-state index < -0.39 is 0 Å². The van der Waals surface area contributed by atoms with Gasteiger partial charge in [-0.3, -0.25) is 0 Å². The third-order valence-electron chi connectivity index (χ3n) is 4.47. The molecule has 0 bridgehead atoms. The lowest BCUT2D eigenvalue weighted by atomic mass is 9.81. The molecule has 0 radical (unpaired) electrons. The largest absolute Gasteiger partial charge is 0.0654 e. The van der Waals surface area contributed by atoms with E-state index in [9.17, 15) is 0 Å². The minimum atomic E-state index is 0.655. The lowest BCUT2D eigenvalue weighted by Crippen LogP contribution is -2.09. The van der Waals surface area contributed by atoms with Crippen LogP contribution in [0.2, 0.25) is 0 Å². The molecular formula is C19H26. The van der Waals surface area contributed by atoms with Gasteiger partial charge in [0.25, 0.3) is 0 Å². The predicted octanol–water partition coefficient (Wildman–Crippen LogP) is 6.16. The minimum Gasteiger partial charge on any atom is -0.0654 e. The van der Waals surface area contributed by atoms with Gasteiger partial charge < -0.3 is 0 Å². The fraction of sp³-hybridized carbons (Fsp3) is 0.474. The number of fused-ring (bicyclic) bond motifs is 1. The maximum absolute atomic E-state index is 2.41. The zero-order chi connectivity index (χ0) is 13.7. The van der Waals surface area contributed by atoms with Crippen molar-refractivity contribution in [3.05, 3.63) is 48.0 Å². The Morgan fingerprint density at radius 1 is 0.947 bits per heavy atom. The lowest BCUT2D eigenvalue weighted by molar-refractivity contribution is 0.391. The third kappa shape index (κ3) is 3.18. The van der Waals surface area contributed by atoms with Gasteiger partial charge in [0.2, 0.25) is 0 Å². The molecule has 0 saturated carbocycles. The van der Waals surface area contributed by atoms with Crippen molar-refractivity contribution in [3.63, 3.8) is 0 Å². The van der Waals surface area contributed by atoms with Crippen molar-refractivity contribution in [1.29, 1.82) is 0 Å². The Balaban J connectivity index is 2.31. The summed E-state index contributed by atoms with van der Waals surface area (Å²) in [6.45, 7) is 7.03. The van der Waals surface area contributed by atoms with Crippen LogP contribution in [0, 0.1) is 5.92 Å². The first-order valence-electron chi connectivity index (χ1n) is 7.75. The van der Waals surface area contributed by atoms with Crippen LogP contribution in [-0.2, 0) is 0 Å². The molecule has 0 heterocycles. The number of unbranched alkanes of at least 4 members (excludes halogenated alkanes) is 1. The molecule has 2 aromatic rings. The first kappa shape index (κ1) is 14.1. The van der Waals surface area contributed by atoms with Crippen molar-refractivity contribution in [2.45, 2.75) is 52.4 Å². The Hall–Kier alpha value is -1.30. The average Bonchev–Trinajstić information content (AvgIpc) is 2.47. The van der Waals surface area contributed by atoms with Crippen molar-refractivity contribution in [2.75, 3.05) is 0 Å². The summed E-state index contributed by atoms with van der Waals surface area (Å²) in [6, 6.07) is 15.5. The van der Waals surface area contributed by atoms with Gasteiger partial charge in [-0.25, -0.2) is 0 Å². The highest BCUT2D eigenvalue weighted by Crippen LogP contribution is 2.34. The van der Waals surface area contributed by atoms with Gasteiger partial charge in [0.05, 0.1) is 0 Å². The standard InChI is InChI=1S/C19H26/c1-4-6-10-16(5-2)15(3)18-14-9-12-17-11-7-8-13-19(17)18/h7-9,11-16H,4-6,10H2,1-3H3. The molecule has 0 aliphatic rings. The minimum absolute atomic E-state index is 0.655. The Morgan fingerprint density at radius 3 is 2.42 bits per heavy atom. The summed E-state index contributed by atoms with van der Waals surface area (Å²) in [5.74, 6) is 1.47. The SMILES string of the molecule is CCCCC(CC)C(C)c1cccc2ccccc12. The van der Waals surface area contributed by atoms with Gasteiger partial charge in [0, 0.05) is 0 Å². The Morgan fingerprint density at radius 2 is 1.68 bits per heavy atom. The number of hydrogen-bond donors (Lipinski definition) is 0. The topological polar surface area (TPSA) is 0 Å². The summed E-state index contributed by atoms with van der Waals surface area (Å²) in [5, 5.41) is 2.81. The Labute approximate surface area is 117 Å². The first-order chi connectivity index (χ1) is 9.27. The van der Waals surface area contributed by atoms with Gasteiger partial charge in [-0.1, -0.05) is 82.5 Å². The zero-order valence-corrected chi connectivity index (χ0v) is 12.5. The molecule has 0 amide bonds. The van der Waals surface area contributed by atoms with E-state index in [1.54, 1.807) is 0 Å². The fourth-order valence-electron chi connectivity index (χ4n) is 3.18. The molecule has 102 valence electrons. The zero-order valence-electron chi connectivity index (χ0n) is 12.5. The van der Waals surface area contributed by atoms with E-state index in [1.165, 1.54) is 42.0 Å². The molecule has 19 heavy (non-hydrogen) atoms. The predicted molar refractivity (Wildman–Crippen MR) is 85.7 cm³/mol. The monoisotopic (exact) mass is 254 g/mol. The summed E-state index contributed by atoms with van der Waals surface area (Å²) in [4.78, 5) is 0.